The van der Waals surface area contributed by atoms with Crippen LogP contribution in [0.3, 0.4) is 0 Å². The number of rotatable bonds is 3. The van der Waals surface area contributed by atoms with Crippen LogP contribution < -0.4 is 5.73 Å². The Morgan fingerprint density at radius 2 is 1.62 bits per heavy atom. The highest BCUT2D eigenvalue weighted by Gasteiger charge is 2.29. The van der Waals surface area contributed by atoms with Crippen LogP contribution in [-0.4, -0.2) is 23.4 Å². The number of primary amides is 1. The number of benzene rings is 3. The second-order valence-electron chi connectivity index (χ2n) is 6.41. The minimum atomic E-state index is -0.214. The smallest absolute Gasteiger partial charge is 0.234 e. The van der Waals surface area contributed by atoms with Crippen molar-refractivity contribution in [1.29, 1.82) is 0 Å². The average molecular weight is 383 g/mol. The van der Waals surface area contributed by atoms with E-state index in [1.165, 1.54) is 27.1 Å². The zero-order chi connectivity index (χ0) is 16.7. The predicted molar refractivity (Wildman–Crippen MR) is 102 cm³/mol. The molecule has 3 aromatic rings. The maximum absolute atomic E-state index is 11.7. The van der Waals surface area contributed by atoms with E-state index in [0.717, 1.165) is 30.4 Å². The van der Waals surface area contributed by atoms with Crippen molar-refractivity contribution in [2.45, 2.75) is 25.4 Å². The van der Waals surface area contributed by atoms with E-state index in [-0.39, 0.29) is 11.9 Å². The lowest BCUT2D eigenvalue weighted by Gasteiger charge is -2.24. The van der Waals surface area contributed by atoms with Crippen LogP contribution in [-0.2, 0) is 11.3 Å². The van der Waals surface area contributed by atoms with Gasteiger partial charge in [0.25, 0.3) is 0 Å². The molecule has 1 heterocycles. The van der Waals surface area contributed by atoms with Gasteiger partial charge in [0.1, 0.15) is 0 Å². The molecule has 0 bridgehead atoms. The summed E-state index contributed by atoms with van der Waals surface area (Å²) in [6.07, 6.45) is 1.88. The Balaban J connectivity index is 1.90. The van der Waals surface area contributed by atoms with Gasteiger partial charge < -0.3 is 5.73 Å². The molecule has 1 amide bonds. The summed E-state index contributed by atoms with van der Waals surface area (Å²) in [5, 5.41) is 4.94. The Hall–Kier alpha value is -1.91. The van der Waals surface area contributed by atoms with Crippen molar-refractivity contribution in [1.82, 2.24) is 4.90 Å². The quantitative estimate of drug-likeness (QED) is 0.689. The van der Waals surface area contributed by atoms with Crippen LogP contribution in [0, 0.1) is 0 Å². The zero-order valence-corrected chi connectivity index (χ0v) is 14.9. The van der Waals surface area contributed by atoms with Gasteiger partial charge in [0.15, 0.2) is 0 Å². The van der Waals surface area contributed by atoms with Crippen LogP contribution in [0.1, 0.15) is 18.4 Å². The van der Waals surface area contributed by atoms with Gasteiger partial charge in [-0.25, -0.2) is 0 Å². The molecule has 1 aliphatic rings. The molecular formula is C20H19BrN2O. The Labute approximate surface area is 149 Å². The maximum Gasteiger partial charge on any atom is 0.234 e. The van der Waals surface area contributed by atoms with Crippen LogP contribution >= 0.6 is 15.9 Å². The van der Waals surface area contributed by atoms with Crippen molar-refractivity contribution in [2.24, 2.45) is 5.73 Å². The highest BCUT2D eigenvalue weighted by molar-refractivity contribution is 9.10. The zero-order valence-electron chi connectivity index (χ0n) is 13.3. The van der Waals surface area contributed by atoms with Gasteiger partial charge in [0, 0.05) is 11.0 Å². The van der Waals surface area contributed by atoms with E-state index < -0.39 is 0 Å². The molecule has 1 fully saturated rings. The third-order valence-corrected chi connectivity index (χ3v) is 5.93. The third kappa shape index (κ3) is 2.50. The van der Waals surface area contributed by atoms with E-state index in [1.54, 1.807) is 0 Å². The van der Waals surface area contributed by atoms with E-state index in [4.69, 9.17) is 5.73 Å². The molecule has 1 aliphatic heterocycles. The van der Waals surface area contributed by atoms with Gasteiger partial charge in [-0.1, -0.05) is 48.5 Å². The van der Waals surface area contributed by atoms with Gasteiger partial charge in [-0.05, 0) is 62.4 Å². The van der Waals surface area contributed by atoms with Gasteiger partial charge in [-0.2, -0.15) is 0 Å². The summed E-state index contributed by atoms with van der Waals surface area (Å²) in [5.41, 5.74) is 6.82. The molecule has 0 radical (unpaired) electrons. The van der Waals surface area contributed by atoms with Crippen molar-refractivity contribution in [3.8, 4) is 0 Å². The van der Waals surface area contributed by atoms with Crippen molar-refractivity contribution in [3.05, 3.63) is 58.6 Å². The number of nitrogens with two attached hydrogens (primary N) is 1. The van der Waals surface area contributed by atoms with Gasteiger partial charge in [-0.15, -0.1) is 0 Å². The fourth-order valence-electron chi connectivity index (χ4n) is 3.87. The first-order valence-corrected chi connectivity index (χ1v) is 9.07. The second kappa shape index (κ2) is 6.19. The van der Waals surface area contributed by atoms with Gasteiger partial charge in [0.2, 0.25) is 5.91 Å². The summed E-state index contributed by atoms with van der Waals surface area (Å²) >= 11 is 3.82. The fraction of sp³-hybridized carbons (Fsp3) is 0.250. The van der Waals surface area contributed by atoms with Gasteiger partial charge >= 0.3 is 0 Å². The molecule has 1 atom stereocenters. The van der Waals surface area contributed by atoms with Crippen LogP contribution in [0.2, 0.25) is 0 Å². The number of carbonyl (C=O) groups is 1. The Morgan fingerprint density at radius 1 is 1.04 bits per heavy atom. The summed E-state index contributed by atoms with van der Waals surface area (Å²) in [5.74, 6) is -0.214. The highest BCUT2D eigenvalue weighted by Crippen LogP contribution is 2.37. The Bertz CT molecular complexity index is 937. The molecule has 1 saturated heterocycles. The number of carbonyl (C=O) groups excluding carboxylic acids is 1. The summed E-state index contributed by atoms with van der Waals surface area (Å²) in [7, 11) is 0. The fourth-order valence-corrected chi connectivity index (χ4v) is 4.55. The standard InChI is InChI=1S/C20H19BrN2O/c21-19-16-9-4-3-7-14(16)13-6-1-2-8-15(13)17(19)12-23-11-5-10-18(23)20(22)24/h1-4,6-9,18H,5,10-12H2,(H2,22,24). The Kier molecular flexibility index (Phi) is 4.02. The number of hydrogen-bond donors (Lipinski definition) is 1. The minimum absolute atomic E-state index is 0.151. The third-order valence-electron chi connectivity index (χ3n) is 5.02. The number of halogens is 1. The van der Waals surface area contributed by atoms with Crippen molar-refractivity contribution >= 4 is 43.4 Å². The molecule has 3 nitrogen and oxygen atoms in total. The monoisotopic (exact) mass is 382 g/mol. The first kappa shape index (κ1) is 15.6. The van der Waals surface area contributed by atoms with E-state index >= 15 is 0 Å². The summed E-state index contributed by atoms with van der Waals surface area (Å²) in [6.45, 7) is 1.65. The van der Waals surface area contributed by atoms with E-state index in [2.05, 4.69) is 69.4 Å². The summed E-state index contributed by atoms with van der Waals surface area (Å²) in [6, 6.07) is 16.8. The molecule has 1 unspecified atom stereocenters. The molecule has 0 spiro atoms. The van der Waals surface area contributed by atoms with E-state index in [0.29, 0.717) is 0 Å². The first-order chi connectivity index (χ1) is 11.7. The normalized spacial score (nSPS) is 18.5. The lowest BCUT2D eigenvalue weighted by molar-refractivity contribution is -0.122. The SMILES string of the molecule is NC(=O)C1CCCN1Cc1c(Br)c2ccccc2c2ccccc12. The molecule has 2 N–H and O–H groups in total. The van der Waals surface area contributed by atoms with Crippen LogP contribution in [0.4, 0.5) is 0 Å². The average Bonchev–Trinajstić information content (AvgIpc) is 3.07. The van der Waals surface area contributed by atoms with E-state index in [1.807, 2.05) is 0 Å². The molecule has 0 aromatic heterocycles. The molecule has 4 rings (SSSR count). The van der Waals surface area contributed by atoms with Crippen molar-refractivity contribution in [2.75, 3.05) is 6.54 Å². The molecule has 4 heteroatoms. The maximum atomic E-state index is 11.7. The summed E-state index contributed by atoms with van der Waals surface area (Å²) < 4.78 is 1.12. The van der Waals surface area contributed by atoms with E-state index in [9.17, 15) is 4.79 Å². The minimum Gasteiger partial charge on any atom is -0.368 e. The van der Waals surface area contributed by atoms with Crippen molar-refractivity contribution in [3.63, 3.8) is 0 Å². The molecular weight excluding hydrogens is 364 g/mol. The Morgan fingerprint density at radius 3 is 2.29 bits per heavy atom. The largest absolute Gasteiger partial charge is 0.368 e. The summed E-state index contributed by atoms with van der Waals surface area (Å²) in [4.78, 5) is 13.9. The number of nitrogens with zero attached hydrogens (tertiary/aromatic N) is 1. The van der Waals surface area contributed by atoms with Crippen molar-refractivity contribution < 1.29 is 4.79 Å². The molecule has 122 valence electrons. The molecule has 0 aliphatic carbocycles. The topological polar surface area (TPSA) is 46.3 Å². The second-order valence-corrected chi connectivity index (χ2v) is 7.21. The molecule has 3 aromatic carbocycles. The molecule has 24 heavy (non-hydrogen) atoms. The van der Waals surface area contributed by atoms with Crippen LogP contribution in [0.5, 0.6) is 0 Å². The van der Waals surface area contributed by atoms with Crippen LogP contribution in [0.15, 0.2) is 53.0 Å². The predicted octanol–water partition coefficient (Wildman–Crippen LogP) is 4.21. The van der Waals surface area contributed by atoms with Gasteiger partial charge in [-0.3, -0.25) is 9.69 Å². The number of likely N-dealkylation sites (tertiary alicyclic amines) is 1. The first-order valence-electron chi connectivity index (χ1n) is 8.28. The lowest BCUT2D eigenvalue weighted by atomic mass is 9.97. The highest BCUT2D eigenvalue weighted by atomic mass is 79.9. The van der Waals surface area contributed by atoms with Gasteiger partial charge in [0.05, 0.1) is 6.04 Å². The van der Waals surface area contributed by atoms with Crippen LogP contribution in [0.25, 0.3) is 21.5 Å². The number of hydrogen-bond acceptors (Lipinski definition) is 2. The molecule has 0 saturated carbocycles. The number of amides is 1. The number of fused-ring (bicyclic) bond motifs is 3. The lowest BCUT2D eigenvalue weighted by Crippen LogP contribution is -2.39.